The second-order valence-electron chi connectivity index (χ2n) is 7.79. The molecule has 2 aromatic heterocycles. The van der Waals surface area contributed by atoms with Gasteiger partial charge in [-0.2, -0.15) is 18.3 Å². The van der Waals surface area contributed by atoms with Crippen LogP contribution in [0, 0.1) is 6.92 Å². The molecule has 8 nitrogen and oxygen atoms in total. The number of carbonyl (C=O) groups is 1. The summed E-state index contributed by atoms with van der Waals surface area (Å²) in [7, 11) is 1.96. The zero-order valence-corrected chi connectivity index (χ0v) is 18.1. The monoisotopic (exact) mass is 462 g/mol. The van der Waals surface area contributed by atoms with Crippen molar-refractivity contribution in [3.05, 3.63) is 34.0 Å². The zero-order valence-electron chi connectivity index (χ0n) is 17.3. The summed E-state index contributed by atoms with van der Waals surface area (Å²) in [5.74, 6) is -2.76. The fourth-order valence-corrected chi connectivity index (χ4v) is 4.31. The second kappa shape index (κ2) is 9.63. The minimum absolute atomic E-state index is 0.0108. The van der Waals surface area contributed by atoms with Crippen LogP contribution in [0.4, 0.5) is 13.2 Å². The van der Waals surface area contributed by atoms with Crippen molar-refractivity contribution in [3.63, 3.8) is 0 Å². The normalized spacial score (nSPS) is 20.7. The highest BCUT2D eigenvalue weighted by Gasteiger charge is 2.47. The summed E-state index contributed by atoms with van der Waals surface area (Å²) >= 11 is 1.68. The SMILES string of the molecule is Cc1nc(COC2CCOC3(C2)CN(Cc2cnn(C)c2)C3)cs1.O=C(O)C(F)(F)F. The van der Waals surface area contributed by atoms with Crippen molar-refractivity contribution in [2.24, 2.45) is 7.05 Å². The lowest BCUT2D eigenvalue weighted by Gasteiger charge is -2.53. The van der Waals surface area contributed by atoms with Crippen molar-refractivity contribution >= 4 is 17.3 Å². The Morgan fingerprint density at radius 2 is 2.16 bits per heavy atom. The van der Waals surface area contributed by atoms with E-state index < -0.39 is 12.1 Å². The summed E-state index contributed by atoms with van der Waals surface area (Å²) in [5.41, 5.74) is 2.29. The largest absolute Gasteiger partial charge is 0.490 e. The van der Waals surface area contributed by atoms with Crippen LogP contribution in [-0.2, 0) is 34.5 Å². The highest BCUT2D eigenvalue weighted by molar-refractivity contribution is 7.09. The van der Waals surface area contributed by atoms with Gasteiger partial charge in [-0.3, -0.25) is 9.58 Å². The molecule has 1 N–H and O–H groups in total. The third-order valence-electron chi connectivity index (χ3n) is 5.01. The maximum Gasteiger partial charge on any atom is 0.490 e. The number of alkyl halides is 3. The number of halogens is 3. The lowest BCUT2D eigenvalue weighted by atomic mass is 9.84. The molecular formula is C19H25F3N4O4S. The van der Waals surface area contributed by atoms with Crippen LogP contribution in [0.3, 0.4) is 0 Å². The molecule has 172 valence electrons. The van der Waals surface area contributed by atoms with E-state index in [0.717, 1.165) is 49.8 Å². The van der Waals surface area contributed by atoms with E-state index >= 15 is 0 Å². The van der Waals surface area contributed by atoms with Gasteiger partial charge in [0.1, 0.15) is 0 Å². The number of aromatic nitrogens is 3. The van der Waals surface area contributed by atoms with E-state index in [2.05, 4.69) is 26.6 Å². The van der Waals surface area contributed by atoms with Crippen LogP contribution in [0.25, 0.3) is 0 Å². The first kappa shape index (κ1) is 23.6. The molecule has 2 saturated heterocycles. The first-order valence-corrected chi connectivity index (χ1v) is 10.6. The maximum atomic E-state index is 10.6. The average Bonchev–Trinajstić information content (AvgIpc) is 3.27. The van der Waals surface area contributed by atoms with Gasteiger partial charge in [-0.15, -0.1) is 11.3 Å². The Kier molecular flexibility index (Phi) is 7.35. The van der Waals surface area contributed by atoms with Crippen molar-refractivity contribution < 1.29 is 32.5 Å². The van der Waals surface area contributed by atoms with Gasteiger partial charge >= 0.3 is 12.1 Å². The van der Waals surface area contributed by atoms with Crippen molar-refractivity contribution in [3.8, 4) is 0 Å². The summed E-state index contributed by atoms with van der Waals surface area (Å²) < 4.78 is 45.8. The molecule has 1 atom stereocenters. The van der Waals surface area contributed by atoms with E-state index in [1.165, 1.54) is 5.56 Å². The zero-order chi connectivity index (χ0) is 22.6. The molecule has 31 heavy (non-hydrogen) atoms. The first-order chi connectivity index (χ1) is 14.5. The second-order valence-corrected chi connectivity index (χ2v) is 8.85. The van der Waals surface area contributed by atoms with Crippen LogP contribution >= 0.6 is 11.3 Å². The average molecular weight is 462 g/mol. The van der Waals surface area contributed by atoms with E-state index in [1.54, 1.807) is 11.3 Å². The number of aryl methyl sites for hydroxylation is 2. The van der Waals surface area contributed by atoms with E-state index in [4.69, 9.17) is 19.4 Å². The van der Waals surface area contributed by atoms with Gasteiger partial charge in [0.2, 0.25) is 0 Å². The Labute approximate surface area is 181 Å². The molecular weight excluding hydrogens is 437 g/mol. The third kappa shape index (κ3) is 6.73. The molecule has 0 amide bonds. The predicted molar refractivity (Wildman–Crippen MR) is 106 cm³/mol. The van der Waals surface area contributed by atoms with Crippen LogP contribution in [0.2, 0.25) is 0 Å². The van der Waals surface area contributed by atoms with E-state index in [-0.39, 0.29) is 11.7 Å². The predicted octanol–water partition coefficient (Wildman–Crippen LogP) is 2.77. The highest BCUT2D eigenvalue weighted by atomic mass is 32.1. The number of thiazole rings is 1. The van der Waals surface area contributed by atoms with Crippen LogP contribution in [0.5, 0.6) is 0 Å². The van der Waals surface area contributed by atoms with Crippen LogP contribution in [-0.4, -0.2) is 68.3 Å². The maximum absolute atomic E-state index is 10.6. The Morgan fingerprint density at radius 1 is 1.45 bits per heavy atom. The smallest absolute Gasteiger partial charge is 0.475 e. The number of carboxylic acids is 1. The molecule has 0 aromatic carbocycles. The molecule has 2 aliphatic heterocycles. The Bertz CT molecular complexity index is 880. The highest BCUT2D eigenvalue weighted by Crippen LogP contribution is 2.36. The number of ether oxygens (including phenoxy) is 2. The fourth-order valence-electron chi connectivity index (χ4n) is 3.72. The molecule has 12 heteroatoms. The van der Waals surface area contributed by atoms with Crippen molar-refractivity contribution in [2.45, 2.75) is 50.8 Å². The van der Waals surface area contributed by atoms with Gasteiger partial charge < -0.3 is 14.6 Å². The number of nitrogens with zero attached hydrogens (tertiary/aromatic N) is 4. The van der Waals surface area contributed by atoms with Crippen LogP contribution in [0.1, 0.15) is 29.1 Å². The van der Waals surface area contributed by atoms with Gasteiger partial charge in [-0.05, 0) is 13.3 Å². The number of hydrogen-bond acceptors (Lipinski definition) is 7. The minimum Gasteiger partial charge on any atom is -0.475 e. The summed E-state index contributed by atoms with van der Waals surface area (Å²) in [6.07, 6.45) is 1.18. The van der Waals surface area contributed by atoms with E-state index in [9.17, 15) is 13.2 Å². The fraction of sp³-hybridized carbons (Fsp3) is 0.632. The molecule has 0 bridgehead atoms. The van der Waals surface area contributed by atoms with Crippen LogP contribution < -0.4 is 0 Å². The Hall–Kier alpha value is -2.02. The van der Waals surface area contributed by atoms with E-state index in [0.29, 0.717) is 6.61 Å². The van der Waals surface area contributed by atoms with Crippen molar-refractivity contribution in [2.75, 3.05) is 19.7 Å². The molecule has 1 unspecified atom stereocenters. The lowest BCUT2D eigenvalue weighted by molar-refractivity contribution is -0.200. The topological polar surface area (TPSA) is 89.7 Å². The molecule has 2 fully saturated rings. The number of likely N-dealkylation sites (tertiary alicyclic amines) is 1. The van der Waals surface area contributed by atoms with Gasteiger partial charge in [0.25, 0.3) is 0 Å². The number of carboxylic acid groups (broad SMARTS) is 1. The van der Waals surface area contributed by atoms with Crippen LogP contribution in [0.15, 0.2) is 17.8 Å². The molecule has 0 radical (unpaired) electrons. The molecule has 1 spiro atoms. The van der Waals surface area contributed by atoms with Crippen molar-refractivity contribution in [1.82, 2.24) is 19.7 Å². The summed E-state index contributed by atoms with van der Waals surface area (Å²) in [5, 5.41) is 14.5. The van der Waals surface area contributed by atoms with Crippen molar-refractivity contribution in [1.29, 1.82) is 0 Å². The standard InChI is InChI=1S/C17H24N4O2S.C2HF3O2/c1-13-19-15(10-24-13)9-22-16-3-4-23-17(5-16)11-21(12-17)8-14-6-18-20(2)7-14;3-2(4,5)1(6)7/h6-7,10,16H,3-5,8-9,11-12H2,1-2H3;(H,6,7). The summed E-state index contributed by atoms with van der Waals surface area (Å²) in [4.78, 5) is 15.8. The number of hydrogen-bond donors (Lipinski definition) is 1. The number of rotatable bonds is 5. The summed E-state index contributed by atoms with van der Waals surface area (Å²) in [6.45, 7) is 6.35. The Morgan fingerprint density at radius 3 is 2.71 bits per heavy atom. The van der Waals surface area contributed by atoms with Gasteiger partial charge in [-0.25, -0.2) is 9.78 Å². The minimum atomic E-state index is -5.08. The molecule has 0 aliphatic carbocycles. The molecule has 4 heterocycles. The van der Waals surface area contributed by atoms with E-state index in [1.807, 2.05) is 24.9 Å². The Balaban J connectivity index is 0.000000339. The van der Waals surface area contributed by atoms with Gasteiger partial charge in [0.15, 0.2) is 0 Å². The molecule has 4 rings (SSSR count). The lowest BCUT2D eigenvalue weighted by Crippen LogP contribution is -2.65. The van der Waals surface area contributed by atoms with Gasteiger partial charge in [0.05, 0.1) is 35.2 Å². The quantitative estimate of drug-likeness (QED) is 0.731. The van der Waals surface area contributed by atoms with Gasteiger partial charge in [0, 0.05) is 56.9 Å². The first-order valence-electron chi connectivity index (χ1n) is 9.71. The molecule has 2 aromatic rings. The number of aliphatic carboxylic acids is 1. The van der Waals surface area contributed by atoms with Gasteiger partial charge in [-0.1, -0.05) is 0 Å². The molecule has 2 aliphatic rings. The summed E-state index contributed by atoms with van der Waals surface area (Å²) in [6, 6.07) is 0. The third-order valence-corrected chi connectivity index (χ3v) is 5.83. The molecule has 0 saturated carbocycles.